The maximum atomic E-state index is 5.84. The Bertz CT molecular complexity index is 321. The predicted octanol–water partition coefficient (Wildman–Crippen LogP) is 2.93. The summed E-state index contributed by atoms with van der Waals surface area (Å²) in [6.07, 6.45) is 3.02. The highest BCUT2D eigenvalue weighted by Gasteiger charge is 2.05. The Kier molecular flexibility index (Phi) is 5.33. The lowest BCUT2D eigenvalue weighted by Crippen LogP contribution is -2.18. The van der Waals surface area contributed by atoms with Crippen LogP contribution in [0.25, 0.3) is 0 Å². The summed E-state index contributed by atoms with van der Waals surface area (Å²) in [5.74, 6) is 0.979. The van der Waals surface area contributed by atoms with Gasteiger partial charge in [0.05, 0.1) is 6.61 Å². The van der Waals surface area contributed by atoms with Crippen LogP contribution in [0.3, 0.4) is 0 Å². The first-order chi connectivity index (χ1) is 7.67. The van der Waals surface area contributed by atoms with Gasteiger partial charge in [-0.1, -0.05) is 19.9 Å². The number of hydrogen-bond acceptors (Lipinski definition) is 2. The molecule has 2 heteroatoms. The summed E-state index contributed by atoms with van der Waals surface area (Å²) in [7, 11) is 0. The van der Waals surface area contributed by atoms with E-state index in [0.717, 1.165) is 31.6 Å². The Morgan fingerprint density at radius 3 is 2.56 bits per heavy atom. The van der Waals surface area contributed by atoms with Crippen molar-refractivity contribution in [1.82, 2.24) is 0 Å². The Labute approximate surface area is 98.8 Å². The summed E-state index contributed by atoms with van der Waals surface area (Å²) in [5, 5.41) is 0. The van der Waals surface area contributed by atoms with Gasteiger partial charge in [-0.3, -0.25) is 0 Å². The highest BCUT2D eigenvalue weighted by molar-refractivity contribution is 5.36. The zero-order chi connectivity index (χ0) is 12.0. The van der Waals surface area contributed by atoms with Gasteiger partial charge in [-0.25, -0.2) is 0 Å². The average Bonchev–Trinajstić information content (AvgIpc) is 2.27. The summed E-state index contributed by atoms with van der Waals surface area (Å²) in [4.78, 5) is 0. The quantitative estimate of drug-likeness (QED) is 0.801. The molecule has 90 valence electrons. The van der Waals surface area contributed by atoms with E-state index in [-0.39, 0.29) is 6.04 Å². The summed E-state index contributed by atoms with van der Waals surface area (Å²) in [6, 6.07) is 6.56. The Morgan fingerprint density at radius 1 is 1.25 bits per heavy atom. The van der Waals surface area contributed by atoms with Crippen LogP contribution in [0.5, 0.6) is 5.75 Å². The number of benzene rings is 1. The first-order valence-electron chi connectivity index (χ1n) is 6.17. The van der Waals surface area contributed by atoms with Gasteiger partial charge in [0.25, 0.3) is 0 Å². The van der Waals surface area contributed by atoms with Crippen LogP contribution >= 0.6 is 0 Å². The fourth-order valence-electron chi connectivity index (χ4n) is 1.79. The smallest absolute Gasteiger partial charge is 0.119 e. The van der Waals surface area contributed by atoms with E-state index >= 15 is 0 Å². The van der Waals surface area contributed by atoms with Gasteiger partial charge in [0.15, 0.2) is 0 Å². The molecule has 16 heavy (non-hydrogen) atoms. The van der Waals surface area contributed by atoms with E-state index in [1.807, 2.05) is 13.0 Å². The number of ether oxygens (including phenoxy) is 1. The van der Waals surface area contributed by atoms with Gasteiger partial charge in [-0.2, -0.15) is 0 Å². The predicted molar refractivity (Wildman–Crippen MR) is 69.0 cm³/mol. The van der Waals surface area contributed by atoms with Gasteiger partial charge in [0, 0.05) is 6.04 Å². The molecule has 0 aliphatic carbocycles. The number of rotatable bonds is 6. The van der Waals surface area contributed by atoms with Gasteiger partial charge in [-0.05, 0) is 49.4 Å². The fourth-order valence-corrected chi connectivity index (χ4v) is 1.79. The normalized spacial score (nSPS) is 12.5. The monoisotopic (exact) mass is 221 g/mol. The van der Waals surface area contributed by atoms with Crippen LogP contribution in [0.15, 0.2) is 18.2 Å². The summed E-state index contributed by atoms with van der Waals surface area (Å²) >= 11 is 0. The highest BCUT2D eigenvalue weighted by atomic mass is 16.5. The molecule has 0 heterocycles. The Morgan fingerprint density at radius 2 is 2.00 bits per heavy atom. The minimum Gasteiger partial charge on any atom is -0.494 e. The lowest BCUT2D eigenvalue weighted by molar-refractivity contribution is 0.317. The van der Waals surface area contributed by atoms with Crippen molar-refractivity contribution in [3.05, 3.63) is 29.3 Å². The van der Waals surface area contributed by atoms with Crippen molar-refractivity contribution < 1.29 is 4.74 Å². The van der Waals surface area contributed by atoms with Crippen molar-refractivity contribution >= 4 is 0 Å². The minimum absolute atomic E-state index is 0.215. The first kappa shape index (κ1) is 13.0. The molecule has 1 aromatic rings. The number of hydrogen-bond donors (Lipinski definition) is 1. The van der Waals surface area contributed by atoms with E-state index in [1.54, 1.807) is 0 Å². The van der Waals surface area contributed by atoms with Crippen LogP contribution in [0, 0.1) is 0 Å². The molecule has 0 spiro atoms. The SMILES string of the molecule is CCCOc1ccc(CC(C)N)c(CC)c1. The standard InChI is InChI=1S/C14H23NO/c1-4-8-16-14-7-6-13(9-11(3)15)12(5-2)10-14/h6-7,10-11H,4-5,8-9,15H2,1-3H3. The third-order valence-corrected chi connectivity index (χ3v) is 2.57. The van der Waals surface area contributed by atoms with Crippen molar-refractivity contribution in [1.29, 1.82) is 0 Å². The lowest BCUT2D eigenvalue weighted by atomic mass is 9.99. The molecule has 0 fully saturated rings. The summed E-state index contributed by atoms with van der Waals surface area (Å²) < 4.78 is 5.63. The molecule has 0 aliphatic heterocycles. The molecule has 0 bridgehead atoms. The molecule has 0 aliphatic rings. The average molecular weight is 221 g/mol. The van der Waals surface area contributed by atoms with Crippen LogP contribution in [0.2, 0.25) is 0 Å². The zero-order valence-electron chi connectivity index (χ0n) is 10.6. The van der Waals surface area contributed by atoms with Crippen LogP contribution in [0.1, 0.15) is 38.3 Å². The molecule has 0 amide bonds. The van der Waals surface area contributed by atoms with Crippen molar-refractivity contribution in [2.75, 3.05) is 6.61 Å². The van der Waals surface area contributed by atoms with Crippen LogP contribution in [0.4, 0.5) is 0 Å². The minimum atomic E-state index is 0.215. The van der Waals surface area contributed by atoms with Crippen molar-refractivity contribution in [2.45, 2.75) is 46.1 Å². The topological polar surface area (TPSA) is 35.2 Å². The number of nitrogens with two attached hydrogens (primary N) is 1. The third-order valence-electron chi connectivity index (χ3n) is 2.57. The molecule has 0 saturated carbocycles. The third kappa shape index (κ3) is 3.86. The van der Waals surface area contributed by atoms with Gasteiger partial charge in [0.2, 0.25) is 0 Å². The summed E-state index contributed by atoms with van der Waals surface area (Å²) in [6.45, 7) is 7.12. The molecule has 1 atom stereocenters. The molecule has 1 rings (SSSR count). The molecular weight excluding hydrogens is 198 g/mol. The second-order valence-electron chi connectivity index (χ2n) is 4.31. The maximum Gasteiger partial charge on any atom is 0.119 e. The van der Waals surface area contributed by atoms with Crippen LogP contribution in [-0.4, -0.2) is 12.6 Å². The van der Waals surface area contributed by atoms with Crippen LogP contribution in [-0.2, 0) is 12.8 Å². The first-order valence-corrected chi connectivity index (χ1v) is 6.17. The molecular formula is C14H23NO. The second-order valence-corrected chi connectivity index (χ2v) is 4.31. The fraction of sp³-hybridized carbons (Fsp3) is 0.571. The molecule has 0 aromatic heterocycles. The van der Waals surface area contributed by atoms with Crippen LogP contribution < -0.4 is 10.5 Å². The van der Waals surface area contributed by atoms with Crippen molar-refractivity contribution in [3.63, 3.8) is 0 Å². The molecule has 0 radical (unpaired) electrons. The summed E-state index contributed by atoms with van der Waals surface area (Å²) in [5.41, 5.74) is 8.54. The maximum absolute atomic E-state index is 5.84. The van der Waals surface area contributed by atoms with Crippen molar-refractivity contribution in [2.24, 2.45) is 5.73 Å². The number of aryl methyl sites for hydroxylation is 1. The largest absolute Gasteiger partial charge is 0.494 e. The zero-order valence-corrected chi connectivity index (χ0v) is 10.6. The van der Waals surface area contributed by atoms with E-state index < -0.39 is 0 Å². The van der Waals surface area contributed by atoms with E-state index in [0.29, 0.717) is 0 Å². The van der Waals surface area contributed by atoms with Gasteiger partial charge >= 0.3 is 0 Å². The van der Waals surface area contributed by atoms with Gasteiger partial charge in [0.1, 0.15) is 5.75 Å². The van der Waals surface area contributed by atoms with Gasteiger partial charge < -0.3 is 10.5 Å². The Balaban J connectivity index is 2.79. The molecule has 1 aromatic carbocycles. The van der Waals surface area contributed by atoms with E-state index in [2.05, 4.69) is 26.0 Å². The molecule has 2 N–H and O–H groups in total. The van der Waals surface area contributed by atoms with Crippen molar-refractivity contribution in [3.8, 4) is 5.75 Å². The Hall–Kier alpha value is -1.02. The van der Waals surface area contributed by atoms with E-state index in [9.17, 15) is 0 Å². The van der Waals surface area contributed by atoms with E-state index in [4.69, 9.17) is 10.5 Å². The second kappa shape index (κ2) is 6.54. The molecule has 1 unspecified atom stereocenters. The molecule has 2 nitrogen and oxygen atoms in total. The molecule has 0 saturated heterocycles. The lowest BCUT2D eigenvalue weighted by Gasteiger charge is -2.13. The van der Waals surface area contributed by atoms with E-state index in [1.165, 1.54) is 11.1 Å². The van der Waals surface area contributed by atoms with Gasteiger partial charge in [-0.15, -0.1) is 0 Å². The highest BCUT2D eigenvalue weighted by Crippen LogP contribution is 2.19.